The molecule has 0 aromatic heterocycles. The van der Waals surface area contributed by atoms with Gasteiger partial charge in [0, 0.05) is 19.5 Å². The second-order valence-corrected chi connectivity index (χ2v) is 4.65. The van der Waals surface area contributed by atoms with Crippen LogP contribution in [0, 0.1) is 6.92 Å². The quantitative estimate of drug-likeness (QED) is 0.845. The Hall–Kier alpha value is -1.88. The van der Waals surface area contributed by atoms with Crippen LogP contribution >= 0.6 is 0 Å². The van der Waals surface area contributed by atoms with Crippen molar-refractivity contribution in [3.63, 3.8) is 0 Å². The van der Waals surface area contributed by atoms with Crippen molar-refractivity contribution in [3.8, 4) is 0 Å². The highest BCUT2D eigenvalue weighted by molar-refractivity contribution is 6.05. The number of amides is 2. The van der Waals surface area contributed by atoms with Crippen LogP contribution in [-0.2, 0) is 4.79 Å². The number of anilines is 1. The van der Waals surface area contributed by atoms with E-state index in [1.54, 1.807) is 11.0 Å². The Morgan fingerprint density at radius 1 is 1.47 bits per heavy atom. The van der Waals surface area contributed by atoms with E-state index >= 15 is 0 Å². The maximum atomic E-state index is 12.1. The molecule has 2 N–H and O–H groups in total. The fourth-order valence-corrected chi connectivity index (χ4v) is 2.23. The predicted molar refractivity (Wildman–Crippen MR) is 72.2 cm³/mol. The van der Waals surface area contributed by atoms with Crippen molar-refractivity contribution in [1.29, 1.82) is 0 Å². The third-order valence-electron chi connectivity index (χ3n) is 3.16. The Balaban J connectivity index is 2.32. The van der Waals surface area contributed by atoms with E-state index in [9.17, 15) is 9.59 Å². The molecule has 2 amide bonds. The highest BCUT2D eigenvalue weighted by Gasteiger charge is 2.25. The molecule has 0 saturated carbocycles. The molecule has 0 bridgehead atoms. The number of hydrogen-bond acceptors (Lipinski definition) is 3. The van der Waals surface area contributed by atoms with Gasteiger partial charge in [-0.15, -0.1) is 0 Å². The van der Waals surface area contributed by atoms with Crippen molar-refractivity contribution in [3.05, 3.63) is 29.3 Å². The Kier molecular flexibility index (Phi) is 4.16. The normalized spacial score (nSPS) is 14.8. The molecule has 0 spiro atoms. The smallest absolute Gasteiger partial charge is 0.253 e. The summed E-state index contributed by atoms with van der Waals surface area (Å²) in [6.45, 7) is 2.66. The Morgan fingerprint density at radius 2 is 2.26 bits per heavy atom. The summed E-state index contributed by atoms with van der Waals surface area (Å²) in [5.41, 5.74) is 2.11. The summed E-state index contributed by atoms with van der Waals surface area (Å²) in [4.78, 5) is 25.5. The molecule has 0 radical (unpaired) electrons. The second kappa shape index (κ2) is 5.84. The molecule has 1 aliphatic heterocycles. The van der Waals surface area contributed by atoms with E-state index in [1.165, 1.54) is 0 Å². The molecular formula is C14H18N2O3. The van der Waals surface area contributed by atoms with Gasteiger partial charge in [0.15, 0.2) is 0 Å². The maximum absolute atomic E-state index is 12.1. The van der Waals surface area contributed by atoms with E-state index in [0.29, 0.717) is 24.2 Å². The number of aliphatic hydroxyl groups is 1. The lowest BCUT2D eigenvalue weighted by molar-refractivity contribution is -0.117. The van der Waals surface area contributed by atoms with Crippen molar-refractivity contribution in [2.45, 2.75) is 19.8 Å². The molecule has 5 heteroatoms. The summed E-state index contributed by atoms with van der Waals surface area (Å²) in [5.74, 6) is -0.201. The molecule has 19 heavy (non-hydrogen) atoms. The topological polar surface area (TPSA) is 69.6 Å². The number of benzene rings is 1. The third kappa shape index (κ3) is 2.93. The lowest BCUT2D eigenvalue weighted by atomic mass is 10.1. The van der Waals surface area contributed by atoms with Crippen LogP contribution in [0.5, 0.6) is 0 Å². The molecule has 1 aromatic carbocycles. The van der Waals surface area contributed by atoms with Gasteiger partial charge in [-0.3, -0.25) is 9.59 Å². The molecule has 1 fully saturated rings. The van der Waals surface area contributed by atoms with Gasteiger partial charge < -0.3 is 15.3 Å². The molecule has 1 aromatic rings. The lowest BCUT2D eigenvalue weighted by Gasteiger charge is -2.19. The fourth-order valence-electron chi connectivity index (χ4n) is 2.23. The molecule has 0 atom stereocenters. The first-order valence-electron chi connectivity index (χ1n) is 6.43. The summed E-state index contributed by atoms with van der Waals surface area (Å²) in [7, 11) is 0. The number of nitrogens with zero attached hydrogens (tertiary/aromatic N) is 1. The molecule has 2 rings (SSSR count). The number of carbonyl (C=O) groups is 2. The number of carbonyl (C=O) groups excluding carboxylic acids is 2. The summed E-state index contributed by atoms with van der Waals surface area (Å²) in [5, 5.41) is 11.4. The summed E-state index contributed by atoms with van der Waals surface area (Å²) in [6, 6.07) is 5.48. The van der Waals surface area contributed by atoms with Crippen LogP contribution < -0.4 is 10.2 Å². The molecule has 102 valence electrons. The molecule has 5 nitrogen and oxygen atoms in total. The first-order chi connectivity index (χ1) is 9.13. The van der Waals surface area contributed by atoms with E-state index in [0.717, 1.165) is 12.0 Å². The van der Waals surface area contributed by atoms with Gasteiger partial charge in [-0.25, -0.2) is 0 Å². The highest BCUT2D eigenvalue weighted by Crippen LogP contribution is 2.26. The Labute approximate surface area is 112 Å². The van der Waals surface area contributed by atoms with Gasteiger partial charge in [0.05, 0.1) is 17.9 Å². The SMILES string of the molecule is Cc1ccc(N2CCCC2=O)c(C(=O)NCCO)c1. The monoisotopic (exact) mass is 262 g/mol. The number of aryl methyl sites for hydroxylation is 1. The summed E-state index contributed by atoms with van der Waals surface area (Å²) < 4.78 is 0. The second-order valence-electron chi connectivity index (χ2n) is 4.65. The highest BCUT2D eigenvalue weighted by atomic mass is 16.3. The number of hydrogen-bond donors (Lipinski definition) is 2. The van der Waals surface area contributed by atoms with Crippen molar-refractivity contribution in [2.75, 3.05) is 24.6 Å². The van der Waals surface area contributed by atoms with Crippen molar-refractivity contribution in [2.24, 2.45) is 0 Å². The third-order valence-corrected chi connectivity index (χ3v) is 3.16. The number of nitrogens with one attached hydrogen (secondary N) is 1. The molecule has 0 aliphatic carbocycles. The average Bonchev–Trinajstić information content (AvgIpc) is 2.82. The maximum Gasteiger partial charge on any atom is 0.253 e. The summed E-state index contributed by atoms with van der Waals surface area (Å²) in [6.07, 6.45) is 1.36. The van der Waals surface area contributed by atoms with Crippen molar-refractivity contribution in [1.82, 2.24) is 5.32 Å². The van der Waals surface area contributed by atoms with Gasteiger partial charge in [0.2, 0.25) is 5.91 Å². The van der Waals surface area contributed by atoms with E-state index in [-0.39, 0.29) is 25.0 Å². The minimum Gasteiger partial charge on any atom is -0.395 e. The predicted octanol–water partition coefficient (Wildman–Crippen LogP) is 0.844. The molecule has 1 aliphatic rings. The molecule has 1 heterocycles. The van der Waals surface area contributed by atoms with Crippen molar-refractivity contribution >= 4 is 17.5 Å². The standard InChI is InChI=1S/C14H18N2O3/c1-10-4-5-12(16-7-2-3-13(16)18)11(9-10)14(19)15-6-8-17/h4-5,9,17H,2-3,6-8H2,1H3,(H,15,19). The summed E-state index contributed by atoms with van der Waals surface area (Å²) >= 11 is 0. The van der Waals surface area contributed by atoms with Gasteiger partial charge in [-0.1, -0.05) is 11.6 Å². The molecule has 1 saturated heterocycles. The van der Waals surface area contributed by atoms with Crippen LogP contribution in [0.3, 0.4) is 0 Å². The van der Waals surface area contributed by atoms with E-state index in [2.05, 4.69) is 5.32 Å². The van der Waals surface area contributed by atoms with Gasteiger partial charge in [-0.05, 0) is 25.5 Å². The molecule has 0 unspecified atom stereocenters. The van der Waals surface area contributed by atoms with Crippen LogP contribution in [0.1, 0.15) is 28.8 Å². The van der Waals surface area contributed by atoms with Crippen molar-refractivity contribution < 1.29 is 14.7 Å². The van der Waals surface area contributed by atoms with Gasteiger partial charge in [0.25, 0.3) is 5.91 Å². The largest absolute Gasteiger partial charge is 0.395 e. The van der Waals surface area contributed by atoms with Crippen LogP contribution in [0.2, 0.25) is 0 Å². The number of rotatable bonds is 4. The molecular weight excluding hydrogens is 244 g/mol. The van der Waals surface area contributed by atoms with E-state index in [1.807, 2.05) is 19.1 Å². The lowest BCUT2D eigenvalue weighted by Crippen LogP contribution is -2.31. The van der Waals surface area contributed by atoms with E-state index < -0.39 is 0 Å². The average molecular weight is 262 g/mol. The van der Waals surface area contributed by atoms with Gasteiger partial charge in [0.1, 0.15) is 0 Å². The Bertz CT molecular complexity index is 499. The van der Waals surface area contributed by atoms with Crippen LogP contribution in [0.4, 0.5) is 5.69 Å². The zero-order valence-electron chi connectivity index (χ0n) is 11.0. The first-order valence-corrected chi connectivity index (χ1v) is 6.43. The van der Waals surface area contributed by atoms with Gasteiger partial charge in [-0.2, -0.15) is 0 Å². The minimum atomic E-state index is -0.257. The number of aliphatic hydroxyl groups excluding tert-OH is 1. The Morgan fingerprint density at radius 3 is 2.89 bits per heavy atom. The van der Waals surface area contributed by atoms with E-state index in [4.69, 9.17) is 5.11 Å². The zero-order valence-corrected chi connectivity index (χ0v) is 11.0. The van der Waals surface area contributed by atoms with Crippen LogP contribution in [0.15, 0.2) is 18.2 Å². The van der Waals surface area contributed by atoms with Crippen LogP contribution in [0.25, 0.3) is 0 Å². The van der Waals surface area contributed by atoms with Crippen LogP contribution in [-0.4, -0.2) is 36.6 Å². The van der Waals surface area contributed by atoms with Gasteiger partial charge >= 0.3 is 0 Å². The zero-order chi connectivity index (χ0) is 13.8. The first kappa shape index (κ1) is 13.5. The minimum absolute atomic E-state index is 0.0556. The fraction of sp³-hybridized carbons (Fsp3) is 0.429.